The minimum absolute atomic E-state index is 0.302. The Balaban J connectivity index is 2.52. The van der Waals surface area contributed by atoms with Crippen molar-refractivity contribution in [3.8, 4) is 0 Å². The van der Waals surface area contributed by atoms with Crippen molar-refractivity contribution >= 4 is 51.7 Å². The van der Waals surface area contributed by atoms with Crippen LogP contribution < -0.4 is 0 Å². The highest BCUT2D eigenvalue weighted by Gasteiger charge is 2.13. The predicted octanol–water partition coefficient (Wildman–Crippen LogP) is 4.69. The Labute approximate surface area is 125 Å². The number of pyridine rings is 1. The molecule has 0 amide bonds. The average molecular weight is 313 g/mol. The van der Waals surface area contributed by atoms with Crippen LogP contribution in [0.5, 0.6) is 0 Å². The zero-order valence-corrected chi connectivity index (χ0v) is 11.9. The Morgan fingerprint density at radius 3 is 2.58 bits per heavy atom. The Hall–Kier alpha value is -1.35. The van der Waals surface area contributed by atoms with Gasteiger partial charge in [-0.15, -0.1) is 0 Å². The van der Waals surface area contributed by atoms with Gasteiger partial charge in [0.1, 0.15) is 0 Å². The van der Waals surface area contributed by atoms with Gasteiger partial charge in [-0.25, -0.2) is 0 Å². The molecule has 2 nitrogen and oxygen atoms in total. The molecule has 0 saturated carbocycles. The number of rotatable bonds is 3. The third kappa shape index (κ3) is 3.57. The Morgan fingerprint density at radius 1 is 1.21 bits per heavy atom. The van der Waals surface area contributed by atoms with E-state index in [0.717, 1.165) is 5.56 Å². The van der Waals surface area contributed by atoms with Crippen molar-refractivity contribution in [1.29, 1.82) is 0 Å². The largest absolute Gasteiger partial charge is 0.276 e. The average Bonchev–Trinajstić information content (AvgIpc) is 2.38. The summed E-state index contributed by atoms with van der Waals surface area (Å²) in [6.07, 6.45) is 4.91. The topological polar surface area (TPSA) is 30.0 Å². The van der Waals surface area contributed by atoms with Crippen molar-refractivity contribution in [2.45, 2.75) is 0 Å². The normalized spacial score (nSPS) is 11.4. The van der Waals surface area contributed by atoms with Gasteiger partial charge in [0.2, 0.25) is 0 Å². The second-order valence-corrected chi connectivity index (χ2v) is 4.93. The standard InChI is InChI=1S/C14H8Cl3NO/c15-10-3-4-11(13(16)7-10)12(14(17)19)6-9-2-1-5-18-8-9/h1-8H/b12-6+. The first-order valence-electron chi connectivity index (χ1n) is 5.35. The molecule has 0 aliphatic rings. The van der Waals surface area contributed by atoms with E-state index in [9.17, 15) is 4.79 Å². The molecule has 2 aromatic rings. The zero-order chi connectivity index (χ0) is 13.8. The van der Waals surface area contributed by atoms with Crippen molar-refractivity contribution in [2.75, 3.05) is 0 Å². The smallest absolute Gasteiger partial charge is 0.253 e. The van der Waals surface area contributed by atoms with Crippen LogP contribution in [0.3, 0.4) is 0 Å². The molecule has 19 heavy (non-hydrogen) atoms. The van der Waals surface area contributed by atoms with Crippen LogP contribution in [-0.4, -0.2) is 10.2 Å². The third-order valence-electron chi connectivity index (χ3n) is 2.43. The van der Waals surface area contributed by atoms with Crippen LogP contribution in [0.15, 0.2) is 42.7 Å². The van der Waals surface area contributed by atoms with Gasteiger partial charge >= 0.3 is 0 Å². The summed E-state index contributed by atoms with van der Waals surface area (Å²) >= 11 is 17.5. The minimum Gasteiger partial charge on any atom is -0.276 e. The summed E-state index contributed by atoms with van der Waals surface area (Å²) in [7, 11) is 0. The van der Waals surface area contributed by atoms with Gasteiger partial charge in [0, 0.05) is 28.6 Å². The van der Waals surface area contributed by atoms with Gasteiger partial charge in [0.05, 0.1) is 5.02 Å². The van der Waals surface area contributed by atoms with Crippen LogP contribution in [0, 0.1) is 0 Å². The van der Waals surface area contributed by atoms with E-state index in [-0.39, 0.29) is 0 Å². The monoisotopic (exact) mass is 311 g/mol. The molecule has 0 unspecified atom stereocenters. The van der Waals surface area contributed by atoms with Crippen molar-refractivity contribution in [3.05, 3.63) is 63.9 Å². The Bertz CT molecular complexity index is 638. The van der Waals surface area contributed by atoms with Gasteiger partial charge in [0.15, 0.2) is 0 Å². The van der Waals surface area contributed by atoms with Crippen molar-refractivity contribution < 1.29 is 4.79 Å². The van der Waals surface area contributed by atoms with Gasteiger partial charge in [-0.1, -0.05) is 35.3 Å². The van der Waals surface area contributed by atoms with E-state index in [1.54, 1.807) is 42.7 Å². The summed E-state index contributed by atoms with van der Waals surface area (Å²) < 4.78 is 0. The molecular weight excluding hydrogens is 305 g/mol. The molecule has 96 valence electrons. The van der Waals surface area contributed by atoms with Crippen molar-refractivity contribution in [1.82, 2.24) is 4.98 Å². The fourth-order valence-electron chi connectivity index (χ4n) is 1.58. The number of allylic oxidation sites excluding steroid dienone is 1. The number of aromatic nitrogens is 1. The maximum absolute atomic E-state index is 11.6. The molecule has 0 bridgehead atoms. The fraction of sp³-hybridized carbons (Fsp3) is 0. The van der Waals surface area contributed by atoms with Gasteiger partial charge in [-0.05, 0) is 41.4 Å². The van der Waals surface area contributed by atoms with E-state index in [1.165, 1.54) is 0 Å². The van der Waals surface area contributed by atoms with E-state index in [2.05, 4.69) is 4.98 Å². The molecule has 0 radical (unpaired) electrons. The van der Waals surface area contributed by atoms with E-state index < -0.39 is 5.24 Å². The zero-order valence-electron chi connectivity index (χ0n) is 9.61. The molecule has 0 spiro atoms. The molecule has 1 aromatic carbocycles. The molecule has 1 heterocycles. The highest BCUT2D eigenvalue weighted by atomic mass is 35.5. The second kappa shape index (κ2) is 6.20. The van der Waals surface area contributed by atoms with Gasteiger partial charge in [-0.2, -0.15) is 0 Å². The lowest BCUT2D eigenvalue weighted by Gasteiger charge is -2.06. The first kappa shape index (κ1) is 14.1. The molecule has 0 N–H and O–H groups in total. The fourth-order valence-corrected chi connectivity index (χ4v) is 2.24. The number of benzene rings is 1. The van der Waals surface area contributed by atoms with E-state index in [4.69, 9.17) is 34.8 Å². The number of hydrogen-bond acceptors (Lipinski definition) is 2. The van der Waals surface area contributed by atoms with Gasteiger partial charge in [0.25, 0.3) is 5.24 Å². The summed E-state index contributed by atoms with van der Waals surface area (Å²) in [6, 6.07) is 8.46. The molecule has 0 atom stereocenters. The minimum atomic E-state index is -0.590. The molecule has 0 fully saturated rings. The SMILES string of the molecule is O=C(Cl)/C(=C/c1cccnc1)c1ccc(Cl)cc1Cl. The Morgan fingerprint density at radius 2 is 2.00 bits per heavy atom. The number of hydrogen-bond donors (Lipinski definition) is 0. The molecule has 5 heteroatoms. The maximum Gasteiger partial charge on any atom is 0.253 e. The van der Waals surface area contributed by atoms with Crippen LogP contribution >= 0.6 is 34.8 Å². The summed E-state index contributed by atoms with van der Waals surface area (Å²) in [5, 5.41) is 0.279. The van der Waals surface area contributed by atoms with Gasteiger partial charge in [-0.3, -0.25) is 9.78 Å². The van der Waals surface area contributed by atoms with Crippen LogP contribution in [0.4, 0.5) is 0 Å². The number of carbonyl (C=O) groups excluding carboxylic acids is 1. The second-order valence-electron chi connectivity index (χ2n) is 3.74. The van der Waals surface area contributed by atoms with Crippen LogP contribution in [0.1, 0.15) is 11.1 Å². The summed E-state index contributed by atoms with van der Waals surface area (Å²) in [5.74, 6) is 0. The maximum atomic E-state index is 11.6. The molecule has 0 aliphatic carbocycles. The Kier molecular flexibility index (Phi) is 4.59. The molecule has 0 saturated heterocycles. The van der Waals surface area contributed by atoms with Crippen LogP contribution in [-0.2, 0) is 4.79 Å². The van der Waals surface area contributed by atoms with Crippen molar-refractivity contribution in [2.24, 2.45) is 0 Å². The van der Waals surface area contributed by atoms with Crippen molar-refractivity contribution in [3.63, 3.8) is 0 Å². The lowest BCUT2D eigenvalue weighted by Crippen LogP contribution is -1.94. The van der Waals surface area contributed by atoms with Gasteiger partial charge < -0.3 is 0 Å². The predicted molar refractivity (Wildman–Crippen MR) is 79.4 cm³/mol. The summed E-state index contributed by atoms with van der Waals surface area (Å²) in [4.78, 5) is 15.5. The molecule has 1 aromatic heterocycles. The van der Waals surface area contributed by atoms with E-state index in [1.807, 2.05) is 6.07 Å². The number of carbonyl (C=O) groups is 1. The quantitative estimate of drug-likeness (QED) is 0.607. The van der Waals surface area contributed by atoms with Crippen LogP contribution in [0.2, 0.25) is 10.0 Å². The summed E-state index contributed by atoms with van der Waals surface area (Å²) in [5.41, 5.74) is 1.60. The molecule has 2 rings (SSSR count). The molecular formula is C14H8Cl3NO. The van der Waals surface area contributed by atoms with Crippen LogP contribution in [0.25, 0.3) is 11.6 Å². The first-order valence-corrected chi connectivity index (χ1v) is 6.48. The highest BCUT2D eigenvalue weighted by Crippen LogP contribution is 2.29. The molecule has 0 aliphatic heterocycles. The number of nitrogens with zero attached hydrogens (tertiary/aromatic N) is 1. The summed E-state index contributed by atoms with van der Waals surface area (Å²) in [6.45, 7) is 0. The van der Waals surface area contributed by atoms with E-state index in [0.29, 0.717) is 21.2 Å². The van der Waals surface area contributed by atoms with E-state index >= 15 is 0 Å². The lowest BCUT2D eigenvalue weighted by atomic mass is 10.0. The highest BCUT2D eigenvalue weighted by molar-refractivity contribution is 6.75. The lowest BCUT2D eigenvalue weighted by molar-refractivity contribution is -0.106. The third-order valence-corrected chi connectivity index (χ3v) is 3.18. The number of halogens is 3. The first-order chi connectivity index (χ1) is 9.08.